The molecule has 0 heterocycles. The van der Waals surface area contributed by atoms with Crippen LogP contribution in [0.4, 0.5) is 0 Å². The van der Waals surface area contributed by atoms with Crippen LogP contribution in [-0.2, 0) is 9.59 Å². The van der Waals surface area contributed by atoms with E-state index in [9.17, 15) is 19.5 Å². The van der Waals surface area contributed by atoms with Crippen LogP contribution < -0.4 is 4.74 Å². The first-order valence-electron chi connectivity index (χ1n) is 14.8. The molecule has 0 spiro atoms. The predicted molar refractivity (Wildman–Crippen MR) is 169 cm³/mol. The van der Waals surface area contributed by atoms with Crippen LogP contribution in [0.1, 0.15) is 95.3 Å². The fraction of sp³-hybridized carbons (Fsp3) is 0.417. The number of hydrogen-bond donors (Lipinski definition) is 1. The number of hydrogen-bond acceptors (Lipinski definition) is 4. The Labute approximate surface area is 247 Å². The van der Waals surface area contributed by atoms with Crippen molar-refractivity contribution >= 4 is 17.7 Å². The second-order valence-electron chi connectivity index (χ2n) is 10.2. The maximum Gasteiger partial charge on any atom is 0.339 e. The van der Waals surface area contributed by atoms with Gasteiger partial charge in [-0.1, -0.05) is 106 Å². The summed E-state index contributed by atoms with van der Waals surface area (Å²) in [6.07, 6.45) is 33.0. The third-order valence-corrected chi connectivity index (χ3v) is 6.08. The summed E-state index contributed by atoms with van der Waals surface area (Å²) in [4.78, 5) is 36.8. The zero-order chi connectivity index (χ0) is 30.1. The van der Waals surface area contributed by atoms with Crippen LogP contribution >= 0.6 is 0 Å². The molecule has 1 unspecified atom stereocenters. The lowest BCUT2D eigenvalue weighted by Gasteiger charge is -2.17. The van der Waals surface area contributed by atoms with Gasteiger partial charge in [0.2, 0.25) is 0 Å². The molecule has 0 saturated carbocycles. The van der Waals surface area contributed by atoms with Gasteiger partial charge in [0, 0.05) is 12.8 Å². The van der Waals surface area contributed by atoms with Gasteiger partial charge in [0.25, 0.3) is 0 Å². The van der Waals surface area contributed by atoms with Crippen LogP contribution in [0.25, 0.3) is 0 Å². The molecule has 1 aromatic rings. The fourth-order valence-corrected chi connectivity index (χ4v) is 4.02. The number of ether oxygens (including phenoxy) is 1. The SMILES string of the molecule is CC/C=C\C/C=C\C/C=C\C/C=C\C/C=C\C/C=C\CCC(=O)CC(CC(C)C)C(=O)Oc1ccccc1C(=O)O. The Balaban J connectivity index is 2.31. The summed E-state index contributed by atoms with van der Waals surface area (Å²) in [6.45, 7) is 6.10. The first-order chi connectivity index (χ1) is 19.8. The van der Waals surface area contributed by atoms with Gasteiger partial charge in [-0.3, -0.25) is 9.59 Å². The molecular formula is C36H48O5. The number of esters is 1. The summed E-state index contributed by atoms with van der Waals surface area (Å²) < 4.78 is 5.41. The topological polar surface area (TPSA) is 80.7 Å². The smallest absolute Gasteiger partial charge is 0.339 e. The third kappa shape index (κ3) is 18.3. The van der Waals surface area contributed by atoms with E-state index in [4.69, 9.17) is 4.74 Å². The van der Waals surface area contributed by atoms with Crippen molar-refractivity contribution in [1.82, 2.24) is 0 Å². The minimum atomic E-state index is -1.17. The molecule has 0 saturated heterocycles. The lowest BCUT2D eigenvalue weighted by molar-refractivity contribution is -0.141. The molecule has 0 radical (unpaired) electrons. The van der Waals surface area contributed by atoms with E-state index in [1.54, 1.807) is 12.1 Å². The van der Waals surface area contributed by atoms with Gasteiger partial charge in [0.05, 0.1) is 5.92 Å². The minimum absolute atomic E-state index is 0.00125. The van der Waals surface area contributed by atoms with Crippen LogP contribution in [0.3, 0.4) is 0 Å². The largest absolute Gasteiger partial charge is 0.478 e. The second-order valence-corrected chi connectivity index (χ2v) is 10.2. The van der Waals surface area contributed by atoms with Crippen molar-refractivity contribution in [3.8, 4) is 5.75 Å². The van der Waals surface area contributed by atoms with E-state index in [-0.39, 0.29) is 29.4 Å². The van der Waals surface area contributed by atoms with Crippen molar-refractivity contribution in [2.75, 3.05) is 0 Å². The Kier molecular flexibility index (Phi) is 19.8. The molecule has 0 aliphatic carbocycles. The van der Waals surface area contributed by atoms with Crippen LogP contribution in [0.15, 0.2) is 97.2 Å². The number of allylic oxidation sites excluding steroid dienone is 12. The number of Topliss-reactive ketones (excluding diaryl/α,β-unsaturated/α-hetero) is 1. The van der Waals surface area contributed by atoms with Crippen molar-refractivity contribution in [2.45, 2.75) is 85.0 Å². The number of carbonyl (C=O) groups is 3. The van der Waals surface area contributed by atoms with Crippen LogP contribution in [0.2, 0.25) is 0 Å². The highest BCUT2D eigenvalue weighted by Crippen LogP contribution is 2.23. The van der Waals surface area contributed by atoms with Crippen LogP contribution in [0, 0.1) is 11.8 Å². The predicted octanol–water partition coefficient (Wildman–Crippen LogP) is 9.39. The van der Waals surface area contributed by atoms with Crippen molar-refractivity contribution in [3.63, 3.8) is 0 Å². The molecule has 0 aliphatic rings. The molecule has 0 aliphatic heterocycles. The summed E-state index contributed by atoms with van der Waals surface area (Å²) in [7, 11) is 0. The van der Waals surface area contributed by atoms with E-state index in [0.717, 1.165) is 38.5 Å². The Morgan fingerprint density at radius 3 is 1.73 bits per heavy atom. The molecule has 1 atom stereocenters. The normalized spacial score (nSPS) is 13.2. The van der Waals surface area contributed by atoms with Gasteiger partial charge in [-0.15, -0.1) is 0 Å². The summed E-state index contributed by atoms with van der Waals surface area (Å²) in [5.74, 6) is -2.13. The molecule has 1 N–H and O–H groups in total. The number of carbonyl (C=O) groups excluding carboxylic acids is 2. The molecule has 222 valence electrons. The standard InChI is InChI=1S/C36H48O5/c1-4-5-6-7-8-9-10-11-12-13-14-15-16-17-18-19-20-21-22-25-32(37)29-31(28-30(2)3)36(40)41-34-27-24-23-26-33(34)35(38)39/h5-6,8-9,11-12,14-15,17-18,20-21,23-24,26-27,30-31H,4,7,10,13,16,19,22,25,28-29H2,1-3H3,(H,38,39)/b6-5-,9-8-,12-11-,15-14-,18-17-,21-20-. The van der Waals surface area contributed by atoms with E-state index < -0.39 is 17.9 Å². The van der Waals surface area contributed by atoms with Gasteiger partial charge in [-0.25, -0.2) is 4.79 Å². The third-order valence-electron chi connectivity index (χ3n) is 6.08. The van der Waals surface area contributed by atoms with E-state index in [2.05, 4.69) is 67.7 Å². The van der Waals surface area contributed by atoms with Crippen molar-refractivity contribution in [1.29, 1.82) is 0 Å². The minimum Gasteiger partial charge on any atom is -0.478 e. The summed E-state index contributed by atoms with van der Waals surface area (Å²) in [5, 5.41) is 9.33. The summed E-state index contributed by atoms with van der Waals surface area (Å²) in [6, 6.07) is 6.03. The maximum atomic E-state index is 12.8. The van der Waals surface area contributed by atoms with Crippen molar-refractivity contribution in [2.24, 2.45) is 11.8 Å². The van der Waals surface area contributed by atoms with E-state index in [1.165, 1.54) is 12.1 Å². The van der Waals surface area contributed by atoms with E-state index in [1.807, 2.05) is 26.0 Å². The van der Waals surface area contributed by atoms with Gasteiger partial charge in [0.1, 0.15) is 17.1 Å². The van der Waals surface area contributed by atoms with E-state index >= 15 is 0 Å². The number of carboxylic acids is 1. The molecule has 0 aromatic heterocycles. The highest BCUT2D eigenvalue weighted by atomic mass is 16.5. The van der Waals surface area contributed by atoms with Crippen molar-refractivity contribution in [3.05, 3.63) is 103 Å². The molecule has 0 bridgehead atoms. The average Bonchev–Trinajstić information content (AvgIpc) is 2.93. The van der Waals surface area contributed by atoms with Crippen LogP contribution in [-0.4, -0.2) is 22.8 Å². The molecular weight excluding hydrogens is 512 g/mol. The highest BCUT2D eigenvalue weighted by Gasteiger charge is 2.26. The highest BCUT2D eigenvalue weighted by molar-refractivity contribution is 5.92. The maximum absolute atomic E-state index is 12.8. The first-order valence-corrected chi connectivity index (χ1v) is 14.8. The van der Waals surface area contributed by atoms with Crippen LogP contribution in [0.5, 0.6) is 5.75 Å². The molecule has 1 aromatic carbocycles. The van der Waals surface area contributed by atoms with Gasteiger partial charge >= 0.3 is 11.9 Å². The van der Waals surface area contributed by atoms with Gasteiger partial charge in [0.15, 0.2) is 0 Å². The molecule has 41 heavy (non-hydrogen) atoms. The first kappa shape index (κ1) is 35.3. The van der Waals surface area contributed by atoms with Gasteiger partial charge in [-0.05, 0) is 69.4 Å². The summed E-state index contributed by atoms with van der Waals surface area (Å²) in [5.41, 5.74) is -0.0758. The second kappa shape index (κ2) is 23.0. The number of ketones is 1. The molecule has 5 nitrogen and oxygen atoms in total. The summed E-state index contributed by atoms with van der Waals surface area (Å²) >= 11 is 0. The Morgan fingerprint density at radius 1 is 0.756 bits per heavy atom. The average molecular weight is 561 g/mol. The lowest BCUT2D eigenvalue weighted by atomic mass is 9.91. The molecule has 0 amide bonds. The Hall–Kier alpha value is -3.73. The quantitative estimate of drug-likeness (QED) is 0.0920. The lowest BCUT2D eigenvalue weighted by Crippen LogP contribution is -2.25. The number of carboxylic acid groups (broad SMARTS) is 1. The Morgan fingerprint density at radius 2 is 1.24 bits per heavy atom. The zero-order valence-corrected chi connectivity index (χ0v) is 25.0. The molecule has 1 rings (SSSR count). The number of para-hydroxylation sites is 1. The fourth-order valence-electron chi connectivity index (χ4n) is 4.02. The van der Waals surface area contributed by atoms with Gasteiger partial charge in [-0.2, -0.15) is 0 Å². The molecule has 5 heteroatoms. The zero-order valence-electron chi connectivity index (χ0n) is 25.0. The monoisotopic (exact) mass is 560 g/mol. The van der Waals surface area contributed by atoms with Crippen molar-refractivity contribution < 1.29 is 24.2 Å². The number of benzene rings is 1. The Bertz CT molecular complexity index is 1080. The number of rotatable bonds is 21. The van der Waals surface area contributed by atoms with Gasteiger partial charge < -0.3 is 9.84 Å². The number of aromatic carboxylic acids is 1. The molecule has 0 fully saturated rings. The van der Waals surface area contributed by atoms with E-state index in [0.29, 0.717) is 19.3 Å².